The summed E-state index contributed by atoms with van der Waals surface area (Å²) in [6.45, 7) is 0.328. The Hall–Kier alpha value is -4.76. The third-order valence-electron chi connectivity index (χ3n) is 5.85. The highest BCUT2D eigenvalue weighted by Gasteiger charge is 2.18. The maximum Gasteiger partial charge on any atom is 0.321 e. The Labute approximate surface area is 206 Å². The fourth-order valence-corrected chi connectivity index (χ4v) is 4.20. The van der Waals surface area contributed by atoms with Crippen LogP contribution >= 0.6 is 0 Å². The van der Waals surface area contributed by atoms with E-state index in [0.29, 0.717) is 23.6 Å². The van der Waals surface area contributed by atoms with Gasteiger partial charge in [-0.15, -0.1) is 0 Å². The number of ether oxygens (including phenoxy) is 1. The average Bonchev–Trinajstić information content (AvgIpc) is 3.25. The summed E-state index contributed by atoms with van der Waals surface area (Å²) in [5.41, 5.74) is 8.42. The van der Waals surface area contributed by atoms with Crippen molar-refractivity contribution >= 4 is 33.4 Å². The summed E-state index contributed by atoms with van der Waals surface area (Å²) in [7, 11) is 0. The number of rotatable bonds is 8. The molecule has 9 nitrogen and oxygen atoms in total. The number of aliphatic hydroxyl groups is 1. The third kappa shape index (κ3) is 4.59. The zero-order valence-corrected chi connectivity index (χ0v) is 19.3. The standard InChI is InChI=1S/C27H24N6O3/c28-25(29)19-7-6-18-14-24(26(35)30-10-11-34)33(23(18)15-19)16-20-13-21(36-27-31-8-3-9-32-27)12-17-4-1-2-5-22(17)20/h1-9,12-15,34H,10-11,16H2,(H3,28,29)(H,30,35). The molecule has 0 radical (unpaired) electrons. The van der Waals surface area contributed by atoms with Gasteiger partial charge in [0.15, 0.2) is 0 Å². The van der Waals surface area contributed by atoms with Crippen LogP contribution in [-0.4, -0.2) is 44.5 Å². The van der Waals surface area contributed by atoms with Crippen molar-refractivity contribution in [3.05, 3.63) is 95.9 Å². The van der Waals surface area contributed by atoms with Gasteiger partial charge in [-0.05, 0) is 46.7 Å². The molecule has 5 aromatic rings. The van der Waals surface area contributed by atoms with Crippen molar-refractivity contribution in [3.63, 3.8) is 0 Å². The van der Waals surface area contributed by atoms with Gasteiger partial charge < -0.3 is 25.5 Å². The molecule has 0 saturated heterocycles. The highest BCUT2D eigenvalue weighted by Crippen LogP contribution is 2.30. The van der Waals surface area contributed by atoms with E-state index >= 15 is 0 Å². The molecule has 0 saturated carbocycles. The molecular weight excluding hydrogens is 456 g/mol. The van der Waals surface area contributed by atoms with Crippen molar-refractivity contribution in [2.24, 2.45) is 5.73 Å². The second-order valence-corrected chi connectivity index (χ2v) is 8.22. The lowest BCUT2D eigenvalue weighted by Gasteiger charge is -2.15. The SMILES string of the molecule is N=C(N)c1ccc2cc(C(=O)NCCO)n(Cc3cc(Oc4ncccn4)cc4ccccc34)c2c1. The summed E-state index contributed by atoms with van der Waals surface area (Å²) in [4.78, 5) is 21.3. The van der Waals surface area contributed by atoms with Crippen LogP contribution in [-0.2, 0) is 6.54 Å². The molecule has 0 atom stereocenters. The van der Waals surface area contributed by atoms with Gasteiger partial charge in [0.2, 0.25) is 0 Å². The zero-order valence-electron chi connectivity index (χ0n) is 19.3. The molecule has 0 bridgehead atoms. The van der Waals surface area contributed by atoms with Gasteiger partial charge in [0.1, 0.15) is 17.3 Å². The van der Waals surface area contributed by atoms with E-state index in [0.717, 1.165) is 27.2 Å². The number of nitrogens with two attached hydrogens (primary N) is 1. The first-order chi connectivity index (χ1) is 17.5. The first-order valence-corrected chi connectivity index (χ1v) is 11.4. The van der Waals surface area contributed by atoms with Gasteiger partial charge >= 0.3 is 6.01 Å². The minimum atomic E-state index is -0.306. The van der Waals surface area contributed by atoms with E-state index in [1.54, 1.807) is 36.7 Å². The molecule has 2 heterocycles. The van der Waals surface area contributed by atoms with Crippen LogP contribution in [0.15, 0.2) is 79.1 Å². The minimum Gasteiger partial charge on any atom is -0.424 e. The molecule has 0 unspecified atom stereocenters. The maximum atomic E-state index is 13.0. The normalized spacial score (nSPS) is 11.0. The number of amidine groups is 1. The van der Waals surface area contributed by atoms with E-state index in [1.807, 2.05) is 47.0 Å². The first kappa shape index (κ1) is 23.0. The van der Waals surface area contributed by atoms with E-state index in [2.05, 4.69) is 15.3 Å². The third-order valence-corrected chi connectivity index (χ3v) is 5.85. The Morgan fingerprint density at radius 2 is 1.83 bits per heavy atom. The Morgan fingerprint density at radius 1 is 1.03 bits per heavy atom. The molecule has 1 amide bonds. The van der Waals surface area contributed by atoms with E-state index in [-0.39, 0.29) is 30.9 Å². The molecule has 36 heavy (non-hydrogen) atoms. The summed E-state index contributed by atoms with van der Waals surface area (Å²) in [6, 6.07) is 20.9. The fourth-order valence-electron chi connectivity index (χ4n) is 4.20. The lowest BCUT2D eigenvalue weighted by atomic mass is 10.0. The highest BCUT2D eigenvalue weighted by molar-refractivity contribution is 6.02. The summed E-state index contributed by atoms with van der Waals surface area (Å²) >= 11 is 0. The summed E-state index contributed by atoms with van der Waals surface area (Å²) in [5.74, 6) is 0.209. The van der Waals surface area contributed by atoms with Crippen molar-refractivity contribution in [1.82, 2.24) is 19.9 Å². The average molecular weight is 481 g/mol. The van der Waals surface area contributed by atoms with Crippen LogP contribution in [0.25, 0.3) is 21.7 Å². The van der Waals surface area contributed by atoms with Crippen LogP contribution in [0.5, 0.6) is 11.8 Å². The number of hydrogen-bond donors (Lipinski definition) is 4. The predicted molar refractivity (Wildman–Crippen MR) is 138 cm³/mol. The number of aromatic nitrogens is 3. The van der Waals surface area contributed by atoms with Crippen LogP contribution in [0.2, 0.25) is 0 Å². The van der Waals surface area contributed by atoms with E-state index < -0.39 is 0 Å². The highest BCUT2D eigenvalue weighted by atomic mass is 16.5. The van der Waals surface area contributed by atoms with Crippen LogP contribution in [0, 0.1) is 5.41 Å². The quantitative estimate of drug-likeness (QED) is 0.198. The lowest BCUT2D eigenvalue weighted by molar-refractivity contribution is 0.0936. The molecule has 5 N–H and O–H groups in total. The molecule has 180 valence electrons. The number of fused-ring (bicyclic) bond motifs is 2. The molecule has 0 spiro atoms. The van der Waals surface area contributed by atoms with Gasteiger partial charge in [0.05, 0.1) is 6.61 Å². The number of hydrogen-bond acceptors (Lipinski definition) is 6. The van der Waals surface area contributed by atoms with Crippen molar-refractivity contribution in [3.8, 4) is 11.8 Å². The molecule has 0 aliphatic rings. The number of carbonyl (C=O) groups is 1. The number of nitrogens with one attached hydrogen (secondary N) is 2. The molecule has 0 fully saturated rings. The van der Waals surface area contributed by atoms with Crippen LogP contribution in [0.1, 0.15) is 21.6 Å². The Balaban J connectivity index is 1.65. The number of benzene rings is 3. The number of carbonyl (C=O) groups excluding carboxylic acids is 1. The van der Waals surface area contributed by atoms with Gasteiger partial charge in [-0.25, -0.2) is 9.97 Å². The van der Waals surface area contributed by atoms with Crippen molar-refractivity contribution < 1.29 is 14.6 Å². The fraction of sp³-hybridized carbons (Fsp3) is 0.111. The molecule has 3 aromatic carbocycles. The summed E-state index contributed by atoms with van der Waals surface area (Å²) < 4.78 is 7.82. The molecular formula is C27H24N6O3. The maximum absolute atomic E-state index is 13.0. The van der Waals surface area contributed by atoms with Crippen LogP contribution in [0.3, 0.4) is 0 Å². The molecule has 2 aromatic heterocycles. The largest absolute Gasteiger partial charge is 0.424 e. The van der Waals surface area contributed by atoms with Crippen molar-refractivity contribution in [2.45, 2.75) is 6.54 Å². The summed E-state index contributed by atoms with van der Waals surface area (Å²) in [5, 5.41) is 22.6. The molecule has 0 aliphatic carbocycles. The zero-order chi connectivity index (χ0) is 25.1. The van der Waals surface area contributed by atoms with E-state index in [4.69, 9.17) is 15.9 Å². The minimum absolute atomic E-state index is 0.0559. The monoisotopic (exact) mass is 480 g/mol. The predicted octanol–water partition coefficient (Wildman–Crippen LogP) is 3.43. The van der Waals surface area contributed by atoms with Gasteiger partial charge in [-0.2, -0.15) is 0 Å². The number of nitrogens with zero attached hydrogens (tertiary/aromatic N) is 3. The van der Waals surface area contributed by atoms with Crippen LogP contribution < -0.4 is 15.8 Å². The van der Waals surface area contributed by atoms with Crippen molar-refractivity contribution in [2.75, 3.05) is 13.2 Å². The number of nitrogen functional groups attached to an aromatic ring is 1. The van der Waals surface area contributed by atoms with Crippen LogP contribution in [0.4, 0.5) is 0 Å². The Morgan fingerprint density at radius 3 is 2.61 bits per heavy atom. The smallest absolute Gasteiger partial charge is 0.321 e. The van der Waals surface area contributed by atoms with Gasteiger partial charge in [-0.3, -0.25) is 10.2 Å². The van der Waals surface area contributed by atoms with Crippen molar-refractivity contribution in [1.29, 1.82) is 5.41 Å². The topological polar surface area (TPSA) is 139 Å². The Kier molecular flexibility index (Phi) is 6.29. The van der Waals surface area contributed by atoms with E-state index in [1.165, 1.54) is 0 Å². The first-order valence-electron chi connectivity index (χ1n) is 11.4. The lowest BCUT2D eigenvalue weighted by Crippen LogP contribution is -2.28. The number of amides is 1. The molecule has 5 rings (SSSR count). The van der Waals surface area contributed by atoms with Gasteiger partial charge in [0, 0.05) is 41.9 Å². The number of aliphatic hydroxyl groups excluding tert-OH is 1. The van der Waals surface area contributed by atoms with E-state index in [9.17, 15) is 9.90 Å². The van der Waals surface area contributed by atoms with Gasteiger partial charge in [0.25, 0.3) is 5.91 Å². The second kappa shape index (κ2) is 9.85. The molecule has 0 aliphatic heterocycles. The molecule has 9 heteroatoms. The summed E-state index contributed by atoms with van der Waals surface area (Å²) in [6.07, 6.45) is 3.22. The van der Waals surface area contributed by atoms with Gasteiger partial charge in [-0.1, -0.05) is 36.4 Å². The Bertz CT molecular complexity index is 1580. The second-order valence-electron chi connectivity index (χ2n) is 8.22.